The Morgan fingerprint density at radius 1 is 1.27 bits per heavy atom. The van der Waals surface area contributed by atoms with Crippen molar-refractivity contribution in [2.24, 2.45) is 7.05 Å². The zero-order chi connectivity index (χ0) is 15.9. The Balaban J connectivity index is 1.83. The fourth-order valence-electron chi connectivity index (χ4n) is 1.99. The number of aryl methyl sites for hydroxylation is 1. The van der Waals surface area contributed by atoms with Crippen molar-refractivity contribution in [3.05, 3.63) is 29.6 Å². The molecule has 0 radical (unpaired) electrons. The number of rotatable bonds is 7. The molecule has 2 aromatic rings. The lowest BCUT2D eigenvalue weighted by atomic mass is 10.1. The third-order valence-electron chi connectivity index (χ3n) is 3.21. The average molecular weight is 305 g/mol. The molecule has 0 saturated carbocycles. The number of ether oxygens (including phenoxy) is 2. The van der Waals surface area contributed by atoms with E-state index in [0.717, 1.165) is 5.56 Å². The predicted molar refractivity (Wildman–Crippen MR) is 78.8 cm³/mol. The second kappa shape index (κ2) is 7.39. The quantitative estimate of drug-likeness (QED) is 0.782. The summed E-state index contributed by atoms with van der Waals surface area (Å²) in [6, 6.07) is 5.69. The maximum Gasteiger partial charge on any atom is 0.227 e. The summed E-state index contributed by atoms with van der Waals surface area (Å²) >= 11 is 0. The van der Waals surface area contributed by atoms with Gasteiger partial charge in [0.05, 0.1) is 20.6 Å². The van der Waals surface area contributed by atoms with Gasteiger partial charge < -0.3 is 14.8 Å². The first-order valence-electron chi connectivity index (χ1n) is 6.83. The number of methoxy groups -OCH3 is 2. The van der Waals surface area contributed by atoms with E-state index >= 15 is 0 Å². The summed E-state index contributed by atoms with van der Waals surface area (Å²) < 4.78 is 11.9. The lowest BCUT2D eigenvalue weighted by Gasteiger charge is -2.10. The van der Waals surface area contributed by atoms with Crippen LogP contribution in [0.5, 0.6) is 11.5 Å². The van der Waals surface area contributed by atoms with Gasteiger partial charge in [-0.05, 0) is 34.5 Å². The van der Waals surface area contributed by atoms with Crippen molar-refractivity contribution in [2.45, 2.75) is 12.8 Å². The van der Waals surface area contributed by atoms with Crippen LogP contribution < -0.4 is 14.8 Å². The molecule has 118 valence electrons. The zero-order valence-electron chi connectivity index (χ0n) is 12.9. The second-order valence-corrected chi connectivity index (χ2v) is 4.68. The van der Waals surface area contributed by atoms with Crippen LogP contribution in [-0.2, 0) is 24.7 Å². The molecule has 1 aromatic carbocycles. The van der Waals surface area contributed by atoms with Crippen molar-refractivity contribution in [3.8, 4) is 11.5 Å². The summed E-state index contributed by atoms with van der Waals surface area (Å²) in [5, 5.41) is 13.8. The van der Waals surface area contributed by atoms with E-state index in [1.165, 1.54) is 4.68 Å². The second-order valence-electron chi connectivity index (χ2n) is 4.68. The summed E-state index contributed by atoms with van der Waals surface area (Å²) in [4.78, 5) is 11.8. The zero-order valence-corrected chi connectivity index (χ0v) is 12.9. The molecule has 1 N–H and O–H groups in total. The van der Waals surface area contributed by atoms with Gasteiger partial charge >= 0.3 is 0 Å². The number of aromatic nitrogens is 4. The summed E-state index contributed by atoms with van der Waals surface area (Å²) in [7, 11) is 4.89. The first-order chi connectivity index (χ1) is 10.6. The van der Waals surface area contributed by atoms with Crippen molar-refractivity contribution in [2.75, 3.05) is 20.8 Å². The largest absolute Gasteiger partial charge is 0.493 e. The van der Waals surface area contributed by atoms with Crippen LogP contribution in [0.15, 0.2) is 18.2 Å². The standard InChI is InChI=1S/C14H19N5O3/c1-19-13(16-17-18-19)9-14(20)15-7-6-10-4-5-11(21-2)12(8-10)22-3/h4-5,8H,6-7,9H2,1-3H3,(H,15,20). The molecule has 0 aliphatic carbocycles. The molecule has 0 spiro atoms. The van der Waals surface area contributed by atoms with E-state index in [0.29, 0.717) is 30.3 Å². The highest BCUT2D eigenvalue weighted by Gasteiger charge is 2.09. The lowest BCUT2D eigenvalue weighted by molar-refractivity contribution is -0.120. The molecular formula is C14H19N5O3. The Bertz CT molecular complexity index is 641. The van der Waals surface area contributed by atoms with E-state index in [2.05, 4.69) is 20.8 Å². The molecule has 8 nitrogen and oxygen atoms in total. The third kappa shape index (κ3) is 3.94. The topological polar surface area (TPSA) is 91.2 Å². The minimum Gasteiger partial charge on any atom is -0.493 e. The van der Waals surface area contributed by atoms with E-state index in [1.807, 2.05) is 18.2 Å². The van der Waals surface area contributed by atoms with Crippen molar-refractivity contribution in [1.82, 2.24) is 25.5 Å². The van der Waals surface area contributed by atoms with Crippen LogP contribution >= 0.6 is 0 Å². The Kier molecular flexibility index (Phi) is 5.29. The van der Waals surface area contributed by atoms with Crippen LogP contribution in [0.25, 0.3) is 0 Å². The first-order valence-corrected chi connectivity index (χ1v) is 6.83. The molecule has 22 heavy (non-hydrogen) atoms. The van der Waals surface area contributed by atoms with Crippen LogP contribution in [0, 0.1) is 0 Å². The van der Waals surface area contributed by atoms with Gasteiger partial charge in [0.25, 0.3) is 0 Å². The Morgan fingerprint density at radius 2 is 2.05 bits per heavy atom. The number of hydrogen-bond acceptors (Lipinski definition) is 6. The third-order valence-corrected chi connectivity index (χ3v) is 3.21. The molecular weight excluding hydrogens is 286 g/mol. The first kappa shape index (κ1) is 15.7. The van der Waals surface area contributed by atoms with Gasteiger partial charge in [-0.2, -0.15) is 0 Å². The van der Waals surface area contributed by atoms with Crippen molar-refractivity contribution in [3.63, 3.8) is 0 Å². The van der Waals surface area contributed by atoms with Gasteiger partial charge in [0.1, 0.15) is 0 Å². The van der Waals surface area contributed by atoms with Gasteiger partial charge in [0.2, 0.25) is 5.91 Å². The molecule has 2 rings (SSSR count). The minimum absolute atomic E-state index is 0.113. The van der Waals surface area contributed by atoms with Gasteiger partial charge in [-0.1, -0.05) is 6.07 Å². The molecule has 0 aliphatic heterocycles. The van der Waals surface area contributed by atoms with Crippen molar-refractivity contribution in [1.29, 1.82) is 0 Å². The number of benzene rings is 1. The van der Waals surface area contributed by atoms with Crippen molar-refractivity contribution >= 4 is 5.91 Å². The summed E-state index contributed by atoms with van der Waals surface area (Å²) in [6.45, 7) is 0.527. The van der Waals surface area contributed by atoms with E-state index in [9.17, 15) is 4.79 Å². The van der Waals surface area contributed by atoms with Gasteiger partial charge in [-0.25, -0.2) is 4.68 Å². The maximum absolute atomic E-state index is 11.8. The number of tetrazole rings is 1. The highest BCUT2D eigenvalue weighted by molar-refractivity contribution is 5.77. The van der Waals surface area contributed by atoms with Crippen LogP contribution in [0.4, 0.5) is 0 Å². The van der Waals surface area contributed by atoms with Gasteiger partial charge in [0.15, 0.2) is 17.3 Å². The Morgan fingerprint density at radius 3 is 2.68 bits per heavy atom. The fourth-order valence-corrected chi connectivity index (χ4v) is 1.99. The Labute approximate surface area is 128 Å². The highest BCUT2D eigenvalue weighted by atomic mass is 16.5. The molecule has 0 unspecified atom stereocenters. The Hall–Kier alpha value is -2.64. The molecule has 0 atom stereocenters. The number of nitrogens with zero attached hydrogens (tertiary/aromatic N) is 4. The van der Waals surface area contributed by atoms with Crippen molar-refractivity contribution < 1.29 is 14.3 Å². The van der Waals surface area contributed by atoms with Gasteiger partial charge in [-0.3, -0.25) is 4.79 Å². The van der Waals surface area contributed by atoms with E-state index < -0.39 is 0 Å². The fraction of sp³-hybridized carbons (Fsp3) is 0.429. The van der Waals surface area contributed by atoms with Gasteiger partial charge in [0, 0.05) is 13.6 Å². The smallest absolute Gasteiger partial charge is 0.227 e. The van der Waals surface area contributed by atoms with Gasteiger partial charge in [-0.15, -0.1) is 5.10 Å². The molecule has 1 aromatic heterocycles. The molecule has 0 aliphatic rings. The molecule has 0 saturated heterocycles. The SMILES string of the molecule is COc1ccc(CCNC(=O)Cc2nnnn2C)cc1OC. The molecule has 1 heterocycles. The number of carbonyl (C=O) groups excluding carboxylic acids is 1. The van der Waals surface area contributed by atoms with Crippen LogP contribution in [0.2, 0.25) is 0 Å². The maximum atomic E-state index is 11.8. The predicted octanol–water partition coefficient (Wildman–Crippen LogP) is 0.129. The summed E-state index contributed by atoms with van der Waals surface area (Å²) in [6.07, 6.45) is 0.860. The number of carbonyl (C=O) groups is 1. The van der Waals surface area contributed by atoms with Crippen LogP contribution in [-0.4, -0.2) is 46.9 Å². The molecule has 8 heteroatoms. The molecule has 1 amide bonds. The van der Waals surface area contributed by atoms with Crippen LogP contribution in [0.1, 0.15) is 11.4 Å². The monoisotopic (exact) mass is 305 g/mol. The lowest BCUT2D eigenvalue weighted by Crippen LogP contribution is -2.28. The number of amides is 1. The van der Waals surface area contributed by atoms with E-state index in [-0.39, 0.29) is 12.3 Å². The number of hydrogen-bond donors (Lipinski definition) is 1. The van der Waals surface area contributed by atoms with Crippen LogP contribution in [0.3, 0.4) is 0 Å². The molecule has 0 fully saturated rings. The minimum atomic E-state index is -0.113. The highest BCUT2D eigenvalue weighted by Crippen LogP contribution is 2.27. The summed E-state index contributed by atoms with van der Waals surface area (Å²) in [5.41, 5.74) is 1.05. The van der Waals surface area contributed by atoms with E-state index in [1.54, 1.807) is 21.3 Å². The van der Waals surface area contributed by atoms with E-state index in [4.69, 9.17) is 9.47 Å². The normalized spacial score (nSPS) is 10.3. The molecule has 0 bridgehead atoms. The average Bonchev–Trinajstić information content (AvgIpc) is 2.92. The summed E-state index contributed by atoms with van der Waals surface area (Å²) in [5.74, 6) is 1.78. The number of nitrogens with one attached hydrogen (secondary N) is 1.